The van der Waals surface area contributed by atoms with Gasteiger partial charge in [0, 0.05) is 19.0 Å². The number of amides is 1. The molecule has 1 fully saturated rings. The summed E-state index contributed by atoms with van der Waals surface area (Å²) in [5, 5.41) is 0. The van der Waals surface area contributed by atoms with Crippen molar-refractivity contribution >= 4 is 5.91 Å². The molecule has 1 aliphatic carbocycles. The summed E-state index contributed by atoms with van der Waals surface area (Å²) < 4.78 is 0. The fourth-order valence-electron chi connectivity index (χ4n) is 2.40. The van der Waals surface area contributed by atoms with Crippen molar-refractivity contribution in [2.24, 2.45) is 11.8 Å². The Bertz CT molecular complexity index is 234. The van der Waals surface area contributed by atoms with E-state index in [0.717, 1.165) is 12.8 Å². The molecule has 0 radical (unpaired) electrons. The van der Waals surface area contributed by atoms with Gasteiger partial charge in [-0.15, -0.1) is 0 Å². The van der Waals surface area contributed by atoms with Crippen LogP contribution >= 0.6 is 0 Å². The van der Waals surface area contributed by atoms with Crippen LogP contribution in [0.2, 0.25) is 0 Å². The smallest absolute Gasteiger partial charge is 0.226 e. The predicted molar refractivity (Wildman–Crippen MR) is 47.6 cm³/mol. The van der Waals surface area contributed by atoms with Crippen molar-refractivity contribution in [1.82, 2.24) is 4.90 Å². The first-order chi connectivity index (χ1) is 5.72. The number of carbonyl (C=O) groups excluding carboxylic acids is 1. The molecule has 1 heterocycles. The predicted octanol–water partition coefficient (Wildman–Crippen LogP) is 1.43. The summed E-state index contributed by atoms with van der Waals surface area (Å²) in [5.41, 5.74) is 0. The molecule has 0 aromatic carbocycles. The van der Waals surface area contributed by atoms with E-state index in [1.165, 1.54) is 0 Å². The van der Waals surface area contributed by atoms with Crippen molar-refractivity contribution in [2.75, 3.05) is 7.05 Å². The number of fused-ring (bicyclic) bond motifs is 1. The molecule has 0 bridgehead atoms. The van der Waals surface area contributed by atoms with Gasteiger partial charge in [0.1, 0.15) is 0 Å². The molecule has 3 unspecified atom stereocenters. The molecular formula is C10H15NO. The van der Waals surface area contributed by atoms with Gasteiger partial charge >= 0.3 is 0 Å². The molecule has 12 heavy (non-hydrogen) atoms. The summed E-state index contributed by atoms with van der Waals surface area (Å²) in [6.45, 7) is 2.15. The Morgan fingerprint density at radius 1 is 1.42 bits per heavy atom. The van der Waals surface area contributed by atoms with Crippen LogP contribution in [0.1, 0.15) is 19.8 Å². The van der Waals surface area contributed by atoms with Gasteiger partial charge < -0.3 is 4.90 Å². The van der Waals surface area contributed by atoms with Gasteiger partial charge in [-0.1, -0.05) is 12.2 Å². The number of hydrogen-bond acceptors (Lipinski definition) is 1. The Morgan fingerprint density at radius 2 is 2.08 bits per heavy atom. The molecule has 3 atom stereocenters. The number of carbonyl (C=O) groups is 1. The molecule has 0 N–H and O–H groups in total. The monoisotopic (exact) mass is 165 g/mol. The van der Waals surface area contributed by atoms with Crippen LogP contribution in [-0.4, -0.2) is 23.9 Å². The summed E-state index contributed by atoms with van der Waals surface area (Å²) >= 11 is 0. The van der Waals surface area contributed by atoms with E-state index >= 15 is 0 Å². The molecule has 2 nitrogen and oxygen atoms in total. The van der Waals surface area contributed by atoms with E-state index in [1.54, 1.807) is 0 Å². The second-order valence-corrected chi connectivity index (χ2v) is 3.90. The van der Waals surface area contributed by atoms with Crippen LogP contribution in [0.25, 0.3) is 0 Å². The van der Waals surface area contributed by atoms with Gasteiger partial charge in [0.2, 0.25) is 5.91 Å². The van der Waals surface area contributed by atoms with E-state index in [-0.39, 0.29) is 5.92 Å². The molecule has 1 amide bonds. The Kier molecular flexibility index (Phi) is 1.71. The second kappa shape index (κ2) is 2.61. The minimum Gasteiger partial charge on any atom is -0.342 e. The quantitative estimate of drug-likeness (QED) is 0.497. The molecule has 0 spiro atoms. The van der Waals surface area contributed by atoms with Gasteiger partial charge in [-0.05, 0) is 25.7 Å². The van der Waals surface area contributed by atoms with E-state index in [4.69, 9.17) is 0 Å². The summed E-state index contributed by atoms with van der Waals surface area (Å²) in [4.78, 5) is 13.5. The van der Waals surface area contributed by atoms with Gasteiger partial charge in [-0.2, -0.15) is 0 Å². The molecule has 1 saturated heterocycles. The fraction of sp³-hybridized carbons (Fsp3) is 0.700. The van der Waals surface area contributed by atoms with E-state index in [1.807, 2.05) is 11.9 Å². The van der Waals surface area contributed by atoms with E-state index in [0.29, 0.717) is 17.9 Å². The third kappa shape index (κ3) is 0.904. The molecule has 2 heteroatoms. The van der Waals surface area contributed by atoms with E-state index < -0.39 is 0 Å². The maximum absolute atomic E-state index is 11.6. The Balaban J connectivity index is 2.25. The number of hydrogen-bond donors (Lipinski definition) is 0. The standard InChI is InChI=1S/C10H15NO/c1-7-8-5-3-4-6-9(8)10(12)11(7)2/h3-4,7-9H,5-6H2,1-2H3. The molecule has 0 saturated carbocycles. The van der Waals surface area contributed by atoms with Gasteiger partial charge in [-0.3, -0.25) is 4.79 Å². The fourth-order valence-corrected chi connectivity index (χ4v) is 2.40. The minimum absolute atomic E-state index is 0.287. The van der Waals surface area contributed by atoms with Crippen LogP contribution in [0.3, 0.4) is 0 Å². The Hall–Kier alpha value is -0.790. The SMILES string of the molecule is CC1C2CC=CCC2C(=O)N1C. The van der Waals surface area contributed by atoms with Crippen molar-refractivity contribution in [3.63, 3.8) is 0 Å². The van der Waals surface area contributed by atoms with E-state index in [2.05, 4.69) is 19.1 Å². The minimum atomic E-state index is 0.287. The van der Waals surface area contributed by atoms with Crippen molar-refractivity contribution in [3.05, 3.63) is 12.2 Å². The third-order valence-electron chi connectivity index (χ3n) is 3.38. The van der Waals surface area contributed by atoms with Crippen LogP contribution in [0.15, 0.2) is 12.2 Å². The number of allylic oxidation sites excluding steroid dienone is 2. The molecule has 2 aliphatic rings. The average molecular weight is 165 g/mol. The first-order valence-electron chi connectivity index (χ1n) is 4.63. The molecule has 1 aliphatic heterocycles. The van der Waals surface area contributed by atoms with Crippen LogP contribution in [0.4, 0.5) is 0 Å². The van der Waals surface area contributed by atoms with Gasteiger partial charge in [0.25, 0.3) is 0 Å². The molecule has 2 rings (SSSR count). The van der Waals surface area contributed by atoms with Crippen molar-refractivity contribution in [2.45, 2.75) is 25.8 Å². The largest absolute Gasteiger partial charge is 0.342 e. The maximum atomic E-state index is 11.6. The van der Waals surface area contributed by atoms with E-state index in [9.17, 15) is 4.79 Å². The molecule has 0 aromatic heterocycles. The summed E-state index contributed by atoms with van der Waals surface area (Å²) in [6.07, 6.45) is 6.40. The zero-order chi connectivity index (χ0) is 8.72. The highest BCUT2D eigenvalue weighted by Crippen LogP contribution is 2.37. The highest BCUT2D eigenvalue weighted by Gasteiger charge is 2.43. The van der Waals surface area contributed by atoms with Gasteiger partial charge in [0.15, 0.2) is 0 Å². The zero-order valence-electron chi connectivity index (χ0n) is 7.66. The first kappa shape index (κ1) is 7.84. The Labute approximate surface area is 73.2 Å². The maximum Gasteiger partial charge on any atom is 0.226 e. The zero-order valence-corrected chi connectivity index (χ0v) is 7.66. The summed E-state index contributed by atoms with van der Waals surface area (Å²) in [7, 11) is 1.92. The van der Waals surface area contributed by atoms with Crippen molar-refractivity contribution < 1.29 is 4.79 Å². The van der Waals surface area contributed by atoms with Crippen LogP contribution in [-0.2, 0) is 4.79 Å². The number of likely N-dealkylation sites (tertiary alicyclic amines) is 1. The topological polar surface area (TPSA) is 20.3 Å². The summed E-state index contributed by atoms with van der Waals surface area (Å²) in [5.74, 6) is 1.21. The Morgan fingerprint density at radius 3 is 2.75 bits per heavy atom. The molecule has 0 aromatic rings. The normalized spacial score (nSPS) is 40.3. The summed E-state index contributed by atoms with van der Waals surface area (Å²) in [6, 6.07) is 0.437. The first-order valence-corrected chi connectivity index (χ1v) is 4.63. The lowest BCUT2D eigenvalue weighted by atomic mass is 9.82. The van der Waals surface area contributed by atoms with Gasteiger partial charge in [-0.25, -0.2) is 0 Å². The van der Waals surface area contributed by atoms with Crippen LogP contribution in [0.5, 0.6) is 0 Å². The van der Waals surface area contributed by atoms with Crippen molar-refractivity contribution in [3.8, 4) is 0 Å². The lowest BCUT2D eigenvalue weighted by molar-refractivity contribution is -0.130. The average Bonchev–Trinajstić information content (AvgIpc) is 2.33. The third-order valence-corrected chi connectivity index (χ3v) is 3.38. The molecule has 66 valence electrons. The van der Waals surface area contributed by atoms with Crippen LogP contribution < -0.4 is 0 Å². The second-order valence-electron chi connectivity index (χ2n) is 3.90. The van der Waals surface area contributed by atoms with Gasteiger partial charge in [0.05, 0.1) is 0 Å². The lowest BCUT2D eigenvalue weighted by Gasteiger charge is -2.22. The molecular weight excluding hydrogens is 150 g/mol. The highest BCUT2D eigenvalue weighted by atomic mass is 16.2. The lowest BCUT2D eigenvalue weighted by Crippen LogP contribution is -2.28. The van der Waals surface area contributed by atoms with Crippen LogP contribution in [0, 0.1) is 11.8 Å². The number of nitrogens with zero attached hydrogens (tertiary/aromatic N) is 1. The highest BCUT2D eigenvalue weighted by molar-refractivity contribution is 5.82. The number of rotatable bonds is 0. The van der Waals surface area contributed by atoms with Crippen molar-refractivity contribution in [1.29, 1.82) is 0 Å².